The third kappa shape index (κ3) is 2.92. The van der Waals surface area contributed by atoms with Crippen molar-refractivity contribution >= 4 is 43.3 Å². The van der Waals surface area contributed by atoms with Gasteiger partial charge in [0.1, 0.15) is 4.90 Å². The summed E-state index contributed by atoms with van der Waals surface area (Å²) >= 11 is 4.28. The third-order valence-corrected chi connectivity index (χ3v) is 5.72. The quantitative estimate of drug-likeness (QED) is 0.851. The second kappa shape index (κ2) is 5.64. The minimum Gasteiger partial charge on any atom is -0.475 e. The second-order valence-corrected chi connectivity index (χ2v) is 7.25. The van der Waals surface area contributed by atoms with Gasteiger partial charge in [-0.05, 0) is 15.9 Å². The predicted octanol–water partition coefficient (Wildman–Crippen LogP) is 2.02. The minimum absolute atomic E-state index is 0.0891. The summed E-state index contributed by atoms with van der Waals surface area (Å²) in [6, 6.07) is 0.972. The maximum absolute atomic E-state index is 12.3. The Labute approximate surface area is 127 Å². The van der Waals surface area contributed by atoms with Gasteiger partial charge in [0.15, 0.2) is 4.67 Å². The van der Waals surface area contributed by atoms with Crippen molar-refractivity contribution in [3.63, 3.8) is 0 Å². The van der Waals surface area contributed by atoms with Gasteiger partial charge in [-0.3, -0.25) is 0 Å². The van der Waals surface area contributed by atoms with Gasteiger partial charge in [-0.25, -0.2) is 18.2 Å². The first-order chi connectivity index (χ1) is 9.32. The number of carbonyl (C=O) groups is 1. The molecule has 2 aromatic rings. The lowest BCUT2D eigenvalue weighted by molar-refractivity contribution is 0.0661. The molecule has 10 heteroatoms. The Hall–Kier alpha value is -1.23. The highest BCUT2D eigenvalue weighted by Gasteiger charge is 2.28. The van der Waals surface area contributed by atoms with E-state index in [0.717, 1.165) is 10.4 Å². The molecule has 2 heterocycles. The Balaban J connectivity index is 2.32. The normalized spacial score (nSPS) is 11.9. The van der Waals surface area contributed by atoms with Crippen molar-refractivity contribution < 1.29 is 22.7 Å². The van der Waals surface area contributed by atoms with Crippen LogP contribution < -0.4 is 0 Å². The Bertz CT molecular complexity index is 723. The lowest BCUT2D eigenvalue weighted by Crippen LogP contribution is -2.26. The number of thiazole rings is 1. The maximum atomic E-state index is 12.3. The molecule has 2 rings (SSSR count). The summed E-state index contributed by atoms with van der Waals surface area (Å²) in [6.45, 7) is 0.0891. The average molecular weight is 381 g/mol. The van der Waals surface area contributed by atoms with Gasteiger partial charge in [-0.2, -0.15) is 4.31 Å². The molecule has 0 saturated carbocycles. The number of rotatable bonds is 5. The van der Waals surface area contributed by atoms with Crippen LogP contribution in [0.5, 0.6) is 0 Å². The summed E-state index contributed by atoms with van der Waals surface area (Å²) in [7, 11) is -2.48. The summed E-state index contributed by atoms with van der Waals surface area (Å²) in [5, 5.41) is 10.5. The molecule has 0 fully saturated rings. The summed E-state index contributed by atoms with van der Waals surface area (Å²) in [5.74, 6) is -1.79. The number of carboxylic acid groups (broad SMARTS) is 1. The first kappa shape index (κ1) is 15.2. The molecule has 0 saturated heterocycles. The molecule has 0 atom stereocenters. The van der Waals surface area contributed by atoms with Gasteiger partial charge >= 0.3 is 5.97 Å². The number of nitrogens with zero attached hydrogens (tertiary/aromatic N) is 2. The fourth-order valence-electron chi connectivity index (χ4n) is 1.43. The van der Waals surface area contributed by atoms with Crippen LogP contribution in [0, 0.1) is 0 Å². The molecule has 0 aliphatic rings. The zero-order valence-corrected chi connectivity index (χ0v) is 13.3. The molecule has 0 unspecified atom stereocenters. The van der Waals surface area contributed by atoms with E-state index < -0.39 is 21.8 Å². The highest BCUT2D eigenvalue weighted by atomic mass is 79.9. The SMILES string of the molecule is CN(Cc1cscn1)S(=O)(=O)c1cc(C(=O)O)oc1Br. The van der Waals surface area contributed by atoms with Crippen molar-refractivity contribution in [2.24, 2.45) is 0 Å². The minimum atomic E-state index is -3.86. The van der Waals surface area contributed by atoms with Gasteiger partial charge in [0.2, 0.25) is 15.8 Å². The van der Waals surface area contributed by atoms with Gasteiger partial charge in [0, 0.05) is 18.5 Å². The highest BCUT2D eigenvalue weighted by Crippen LogP contribution is 2.28. The van der Waals surface area contributed by atoms with E-state index in [1.54, 1.807) is 10.9 Å². The standard InChI is InChI=1S/C10H9BrN2O5S2/c1-13(3-6-4-19-5-12-6)20(16,17)8-2-7(10(14)15)18-9(8)11/h2,4-5H,3H2,1H3,(H,14,15). The van der Waals surface area contributed by atoms with Crippen LogP contribution in [-0.4, -0.2) is 35.8 Å². The zero-order chi connectivity index (χ0) is 14.9. The number of carboxylic acids is 1. The Morgan fingerprint density at radius 2 is 2.30 bits per heavy atom. The third-order valence-electron chi connectivity index (χ3n) is 2.42. The van der Waals surface area contributed by atoms with Crippen molar-refractivity contribution in [2.75, 3.05) is 7.05 Å². The number of aromatic carboxylic acids is 1. The summed E-state index contributed by atoms with van der Waals surface area (Å²) in [4.78, 5) is 14.6. The van der Waals surface area contributed by atoms with Crippen LogP contribution in [0.3, 0.4) is 0 Å². The molecule has 0 bridgehead atoms. The Morgan fingerprint density at radius 1 is 1.60 bits per heavy atom. The van der Waals surface area contributed by atoms with Crippen molar-refractivity contribution in [1.82, 2.24) is 9.29 Å². The van der Waals surface area contributed by atoms with Crippen LogP contribution in [0.1, 0.15) is 16.2 Å². The van der Waals surface area contributed by atoms with Crippen molar-refractivity contribution in [2.45, 2.75) is 11.4 Å². The van der Waals surface area contributed by atoms with E-state index in [1.165, 1.54) is 18.4 Å². The van der Waals surface area contributed by atoms with Gasteiger partial charge in [0.05, 0.1) is 17.7 Å². The van der Waals surface area contributed by atoms with Crippen molar-refractivity contribution in [3.05, 3.63) is 33.1 Å². The van der Waals surface area contributed by atoms with E-state index in [9.17, 15) is 13.2 Å². The maximum Gasteiger partial charge on any atom is 0.371 e. The number of hydrogen-bond acceptors (Lipinski definition) is 6. The van der Waals surface area contributed by atoms with E-state index >= 15 is 0 Å². The molecule has 0 radical (unpaired) electrons. The molecule has 108 valence electrons. The summed E-state index contributed by atoms with van der Waals surface area (Å²) in [6.07, 6.45) is 0. The number of hydrogen-bond donors (Lipinski definition) is 1. The smallest absolute Gasteiger partial charge is 0.371 e. The summed E-state index contributed by atoms with van der Waals surface area (Å²) < 4.78 is 30.4. The van der Waals surface area contributed by atoms with Gasteiger partial charge in [-0.15, -0.1) is 11.3 Å². The molecule has 0 amide bonds. The van der Waals surface area contributed by atoms with Crippen LogP contribution in [0.2, 0.25) is 0 Å². The van der Waals surface area contributed by atoms with Crippen molar-refractivity contribution in [3.8, 4) is 0 Å². The average Bonchev–Trinajstić information content (AvgIpc) is 2.98. The van der Waals surface area contributed by atoms with Crippen LogP contribution >= 0.6 is 27.3 Å². The highest BCUT2D eigenvalue weighted by molar-refractivity contribution is 9.10. The molecule has 2 aromatic heterocycles. The molecule has 0 aromatic carbocycles. The second-order valence-electron chi connectivity index (χ2n) is 3.79. The number of furan rings is 1. The summed E-state index contributed by atoms with van der Waals surface area (Å²) in [5.41, 5.74) is 2.21. The number of halogens is 1. The molecular formula is C10H9BrN2O5S2. The predicted molar refractivity (Wildman–Crippen MR) is 74.1 cm³/mol. The molecule has 0 spiro atoms. The Morgan fingerprint density at radius 3 is 2.80 bits per heavy atom. The monoisotopic (exact) mass is 380 g/mol. The van der Waals surface area contributed by atoms with E-state index in [-0.39, 0.29) is 16.1 Å². The number of aromatic nitrogens is 1. The first-order valence-electron chi connectivity index (χ1n) is 5.18. The van der Waals surface area contributed by atoms with Gasteiger partial charge < -0.3 is 9.52 Å². The van der Waals surface area contributed by atoms with Crippen molar-refractivity contribution in [1.29, 1.82) is 0 Å². The van der Waals surface area contributed by atoms with Crippen LogP contribution in [0.15, 0.2) is 30.9 Å². The zero-order valence-electron chi connectivity index (χ0n) is 10.1. The van der Waals surface area contributed by atoms with E-state index in [4.69, 9.17) is 9.52 Å². The fraction of sp³-hybridized carbons (Fsp3) is 0.200. The lowest BCUT2D eigenvalue weighted by Gasteiger charge is -2.14. The molecule has 0 aliphatic carbocycles. The van der Waals surface area contributed by atoms with Gasteiger partial charge in [-0.1, -0.05) is 0 Å². The van der Waals surface area contributed by atoms with Gasteiger partial charge in [0.25, 0.3) is 0 Å². The largest absolute Gasteiger partial charge is 0.475 e. The lowest BCUT2D eigenvalue weighted by atomic mass is 10.5. The Kier molecular flexibility index (Phi) is 4.28. The topological polar surface area (TPSA) is 101 Å². The van der Waals surface area contributed by atoms with Crippen LogP contribution in [-0.2, 0) is 16.6 Å². The van der Waals surface area contributed by atoms with E-state index in [1.807, 2.05) is 0 Å². The number of sulfonamides is 1. The first-order valence-corrected chi connectivity index (χ1v) is 8.36. The molecule has 7 nitrogen and oxygen atoms in total. The fourth-order valence-corrected chi connectivity index (χ4v) is 4.02. The molecule has 1 N–H and O–H groups in total. The molecular weight excluding hydrogens is 372 g/mol. The molecule has 0 aliphatic heterocycles. The van der Waals surface area contributed by atoms with Crippen LogP contribution in [0.4, 0.5) is 0 Å². The van der Waals surface area contributed by atoms with E-state index in [2.05, 4.69) is 20.9 Å². The van der Waals surface area contributed by atoms with Crippen LogP contribution in [0.25, 0.3) is 0 Å². The molecule has 20 heavy (non-hydrogen) atoms. The van der Waals surface area contributed by atoms with E-state index in [0.29, 0.717) is 5.69 Å².